The van der Waals surface area contributed by atoms with E-state index < -0.39 is 13.9 Å². The summed E-state index contributed by atoms with van der Waals surface area (Å²) in [6, 6.07) is 4.87. The van der Waals surface area contributed by atoms with Crippen LogP contribution in [0, 0.1) is 11.8 Å². The molecule has 0 fully saturated rings. The molecule has 0 radical (unpaired) electrons. The zero-order valence-electron chi connectivity index (χ0n) is 20.1. The number of carbonyl (C=O) groups excluding carboxylic acids is 1. The molecule has 0 bridgehead atoms. The van der Waals surface area contributed by atoms with Crippen LogP contribution in [0.3, 0.4) is 0 Å². The summed E-state index contributed by atoms with van der Waals surface area (Å²) in [4.78, 5) is 21.7. The SMILES string of the molecule is CC(=O)c1cc(C(CCCCCC(C)C)(CCCCCC(C)C)O[PH](=O)O)ccc1O. The fourth-order valence-corrected chi connectivity index (χ4v) is 4.78. The van der Waals surface area contributed by atoms with E-state index in [4.69, 9.17) is 4.52 Å². The lowest BCUT2D eigenvalue weighted by molar-refractivity contribution is 0.0379. The van der Waals surface area contributed by atoms with E-state index in [2.05, 4.69) is 27.7 Å². The van der Waals surface area contributed by atoms with Crippen molar-refractivity contribution in [2.75, 3.05) is 0 Å². The average molecular weight is 455 g/mol. The molecular formula is C25H43O5P. The van der Waals surface area contributed by atoms with Crippen molar-refractivity contribution < 1.29 is 23.9 Å². The first-order chi connectivity index (χ1) is 14.6. The van der Waals surface area contributed by atoms with Gasteiger partial charge in [0.25, 0.3) is 0 Å². The molecule has 5 nitrogen and oxygen atoms in total. The Morgan fingerprint density at radius 2 is 1.48 bits per heavy atom. The van der Waals surface area contributed by atoms with Crippen molar-refractivity contribution in [3.05, 3.63) is 29.3 Å². The lowest BCUT2D eigenvalue weighted by Gasteiger charge is -2.34. The lowest BCUT2D eigenvalue weighted by Crippen LogP contribution is -2.28. The molecule has 1 aromatic rings. The molecule has 0 saturated heterocycles. The molecule has 0 amide bonds. The van der Waals surface area contributed by atoms with Gasteiger partial charge in [-0.2, -0.15) is 0 Å². The van der Waals surface area contributed by atoms with Crippen LogP contribution in [0.5, 0.6) is 5.75 Å². The maximum absolute atomic E-state index is 12.0. The third kappa shape index (κ3) is 10.3. The molecule has 178 valence electrons. The van der Waals surface area contributed by atoms with Crippen LogP contribution in [0.25, 0.3) is 0 Å². The summed E-state index contributed by atoms with van der Waals surface area (Å²) in [6.07, 6.45) is 9.61. The third-order valence-corrected chi connectivity index (χ3v) is 6.47. The van der Waals surface area contributed by atoms with Gasteiger partial charge in [-0.3, -0.25) is 13.9 Å². The third-order valence-electron chi connectivity index (χ3n) is 5.91. The van der Waals surface area contributed by atoms with Crippen molar-refractivity contribution in [1.29, 1.82) is 0 Å². The van der Waals surface area contributed by atoms with Gasteiger partial charge in [0.15, 0.2) is 5.78 Å². The lowest BCUT2D eigenvalue weighted by atomic mass is 9.82. The van der Waals surface area contributed by atoms with Crippen LogP contribution < -0.4 is 0 Å². The predicted octanol–water partition coefficient (Wildman–Crippen LogP) is 7.40. The number of rotatable bonds is 16. The minimum absolute atomic E-state index is 0.0735. The zero-order chi connectivity index (χ0) is 23.4. The van der Waals surface area contributed by atoms with E-state index in [1.807, 2.05) is 0 Å². The number of benzene rings is 1. The summed E-state index contributed by atoms with van der Waals surface area (Å²) in [5.41, 5.74) is 0.0107. The maximum Gasteiger partial charge on any atom is 0.317 e. The molecule has 0 aliphatic carbocycles. The van der Waals surface area contributed by atoms with Gasteiger partial charge in [-0.05, 0) is 49.3 Å². The van der Waals surface area contributed by atoms with Crippen molar-refractivity contribution in [1.82, 2.24) is 0 Å². The van der Waals surface area contributed by atoms with Crippen molar-refractivity contribution in [2.24, 2.45) is 11.8 Å². The molecule has 1 atom stereocenters. The molecule has 2 N–H and O–H groups in total. The quantitative estimate of drug-likeness (QED) is 0.154. The first-order valence-electron chi connectivity index (χ1n) is 11.8. The largest absolute Gasteiger partial charge is 0.507 e. The van der Waals surface area contributed by atoms with Crippen LogP contribution >= 0.6 is 8.25 Å². The van der Waals surface area contributed by atoms with Crippen LogP contribution in [-0.2, 0) is 14.7 Å². The van der Waals surface area contributed by atoms with Gasteiger partial charge in [0.05, 0.1) is 5.56 Å². The summed E-state index contributed by atoms with van der Waals surface area (Å²) >= 11 is 0. The predicted molar refractivity (Wildman–Crippen MR) is 128 cm³/mol. The van der Waals surface area contributed by atoms with Gasteiger partial charge in [-0.25, -0.2) is 0 Å². The Kier molecular flexibility index (Phi) is 12.7. The van der Waals surface area contributed by atoms with E-state index >= 15 is 0 Å². The minimum atomic E-state index is -3.19. The molecule has 0 spiro atoms. The molecular weight excluding hydrogens is 411 g/mol. The molecule has 1 aromatic carbocycles. The topological polar surface area (TPSA) is 83.8 Å². The zero-order valence-corrected chi connectivity index (χ0v) is 21.1. The van der Waals surface area contributed by atoms with Gasteiger partial charge in [-0.1, -0.05) is 85.1 Å². The Bertz CT molecular complexity index is 681. The highest BCUT2D eigenvalue weighted by Gasteiger charge is 2.35. The molecule has 0 saturated carbocycles. The fraction of sp³-hybridized carbons (Fsp3) is 0.720. The number of aromatic hydroxyl groups is 1. The highest BCUT2D eigenvalue weighted by molar-refractivity contribution is 7.32. The van der Waals surface area contributed by atoms with Crippen LogP contribution in [-0.4, -0.2) is 15.8 Å². The molecule has 1 unspecified atom stereocenters. The summed E-state index contributed by atoms with van der Waals surface area (Å²) in [5.74, 6) is 1.01. The van der Waals surface area contributed by atoms with Crippen LogP contribution in [0.4, 0.5) is 0 Å². The Morgan fingerprint density at radius 3 is 1.90 bits per heavy atom. The van der Waals surface area contributed by atoms with E-state index in [9.17, 15) is 19.4 Å². The van der Waals surface area contributed by atoms with E-state index in [-0.39, 0.29) is 17.1 Å². The summed E-state index contributed by atoms with van der Waals surface area (Å²) < 4.78 is 17.6. The first kappa shape index (κ1) is 27.9. The van der Waals surface area contributed by atoms with Gasteiger partial charge in [-0.15, -0.1) is 0 Å². The second-order valence-corrected chi connectivity index (χ2v) is 10.4. The van der Waals surface area contributed by atoms with E-state index in [1.54, 1.807) is 12.1 Å². The highest BCUT2D eigenvalue weighted by atomic mass is 31.1. The smallest absolute Gasteiger partial charge is 0.317 e. The number of ketones is 1. The normalized spacial score (nSPS) is 13.2. The van der Waals surface area contributed by atoms with E-state index in [0.717, 1.165) is 51.4 Å². The van der Waals surface area contributed by atoms with E-state index in [1.165, 1.54) is 13.0 Å². The second kappa shape index (κ2) is 14.1. The van der Waals surface area contributed by atoms with Gasteiger partial charge in [0.1, 0.15) is 11.4 Å². The molecule has 0 heterocycles. The molecule has 0 aromatic heterocycles. The summed E-state index contributed by atoms with van der Waals surface area (Å²) in [7, 11) is -3.19. The number of hydrogen-bond acceptors (Lipinski definition) is 4. The second-order valence-electron chi connectivity index (χ2n) is 9.64. The van der Waals surface area contributed by atoms with Crippen molar-refractivity contribution in [3.8, 4) is 5.75 Å². The maximum atomic E-state index is 12.0. The highest BCUT2D eigenvalue weighted by Crippen LogP contribution is 2.44. The average Bonchev–Trinajstić information content (AvgIpc) is 2.66. The summed E-state index contributed by atoms with van der Waals surface area (Å²) in [5, 5.41) is 10.1. The first-order valence-corrected chi connectivity index (χ1v) is 13.1. The number of phenols is 1. The number of Topliss-reactive ketones (excluding diaryl/α,β-unsaturated/α-hetero) is 1. The van der Waals surface area contributed by atoms with Crippen molar-refractivity contribution >= 4 is 14.0 Å². The Hall–Kier alpha value is -1.16. The van der Waals surface area contributed by atoms with Gasteiger partial charge >= 0.3 is 8.25 Å². The molecule has 31 heavy (non-hydrogen) atoms. The minimum Gasteiger partial charge on any atom is -0.507 e. The number of hydrogen-bond donors (Lipinski definition) is 2. The van der Waals surface area contributed by atoms with E-state index in [0.29, 0.717) is 30.2 Å². The number of carbonyl (C=O) groups is 1. The molecule has 6 heteroatoms. The molecule has 1 rings (SSSR count). The standard InChI is InChI=1S/C25H43O5P/c1-19(2)12-8-6-10-16-25(30-31(28)29,17-11-7-9-13-20(3)4)22-14-15-24(27)23(18-22)21(5)26/h14-15,18-20,27,31H,6-13,16-17H2,1-5H3,(H,28,29). The van der Waals surface area contributed by atoms with Crippen molar-refractivity contribution in [3.63, 3.8) is 0 Å². The van der Waals surface area contributed by atoms with Crippen LogP contribution in [0.1, 0.15) is 115 Å². The van der Waals surface area contributed by atoms with Gasteiger partial charge in [0.2, 0.25) is 0 Å². The van der Waals surface area contributed by atoms with Gasteiger partial charge in [0, 0.05) is 0 Å². The van der Waals surface area contributed by atoms with Crippen LogP contribution in [0.15, 0.2) is 18.2 Å². The number of unbranched alkanes of at least 4 members (excludes halogenated alkanes) is 4. The van der Waals surface area contributed by atoms with Crippen molar-refractivity contribution in [2.45, 2.75) is 104 Å². The molecule has 0 aliphatic heterocycles. The summed E-state index contributed by atoms with van der Waals surface area (Å²) in [6.45, 7) is 10.3. The Balaban J connectivity index is 3.11. The number of phenolic OH excluding ortho intramolecular Hbond substituents is 1. The fourth-order valence-electron chi connectivity index (χ4n) is 4.12. The monoisotopic (exact) mass is 454 g/mol. The van der Waals surface area contributed by atoms with Crippen LogP contribution in [0.2, 0.25) is 0 Å². The Labute approximate surface area is 189 Å². The Morgan fingerprint density at radius 1 is 0.968 bits per heavy atom. The molecule has 0 aliphatic rings. The van der Waals surface area contributed by atoms with Gasteiger partial charge < -0.3 is 10.00 Å².